The van der Waals surface area contributed by atoms with E-state index in [2.05, 4.69) is 0 Å². The van der Waals surface area contributed by atoms with E-state index < -0.39 is 0 Å². The van der Waals surface area contributed by atoms with Crippen molar-refractivity contribution in [3.05, 3.63) is 35.9 Å². The van der Waals surface area contributed by atoms with Gasteiger partial charge in [-0.05, 0) is 18.9 Å². The van der Waals surface area contributed by atoms with Gasteiger partial charge < -0.3 is 15.5 Å². The van der Waals surface area contributed by atoms with Gasteiger partial charge in [0.05, 0.1) is 12.0 Å². The number of benzene rings is 1. The number of rotatable bonds is 3. The topological polar surface area (TPSA) is 66.6 Å². The van der Waals surface area contributed by atoms with E-state index in [4.69, 9.17) is 5.73 Å². The van der Waals surface area contributed by atoms with Gasteiger partial charge in [0.1, 0.15) is 0 Å². The Labute approximate surface area is 131 Å². The molecule has 0 saturated carbocycles. The van der Waals surface area contributed by atoms with E-state index in [-0.39, 0.29) is 29.8 Å². The Bertz CT molecular complexity index is 560. The highest BCUT2D eigenvalue weighted by Crippen LogP contribution is 2.29. The molecule has 2 amide bonds. The Hall–Kier alpha value is -1.88. The second kappa shape index (κ2) is 6.08. The number of carbonyl (C=O) groups excluding carboxylic acids is 2. The van der Waals surface area contributed by atoms with Gasteiger partial charge in [-0.1, -0.05) is 30.3 Å². The second-order valence-corrected chi connectivity index (χ2v) is 6.37. The SMILES string of the molecule is CC(c1ccccc1)N1CC(C(=O)N2CC[C@@H](N)C2)CC1=O. The van der Waals surface area contributed by atoms with Gasteiger partial charge in [-0.3, -0.25) is 9.59 Å². The van der Waals surface area contributed by atoms with Crippen molar-refractivity contribution in [3.8, 4) is 0 Å². The Balaban J connectivity index is 1.67. The molecule has 0 radical (unpaired) electrons. The molecule has 3 atom stereocenters. The van der Waals surface area contributed by atoms with E-state index >= 15 is 0 Å². The number of carbonyl (C=O) groups is 2. The lowest BCUT2D eigenvalue weighted by atomic mass is 10.1. The van der Waals surface area contributed by atoms with Crippen LogP contribution in [0, 0.1) is 5.92 Å². The van der Waals surface area contributed by atoms with Gasteiger partial charge >= 0.3 is 0 Å². The van der Waals surface area contributed by atoms with Crippen LogP contribution < -0.4 is 5.73 Å². The highest BCUT2D eigenvalue weighted by Gasteiger charge is 2.39. The van der Waals surface area contributed by atoms with Crippen LogP contribution in [0.2, 0.25) is 0 Å². The maximum Gasteiger partial charge on any atom is 0.228 e. The summed E-state index contributed by atoms with van der Waals surface area (Å²) in [6.07, 6.45) is 1.18. The highest BCUT2D eigenvalue weighted by molar-refractivity contribution is 5.89. The Morgan fingerprint density at radius 2 is 2.00 bits per heavy atom. The molecule has 2 fully saturated rings. The third kappa shape index (κ3) is 2.86. The third-order valence-electron chi connectivity index (χ3n) is 4.79. The van der Waals surface area contributed by atoms with Crippen LogP contribution in [-0.4, -0.2) is 47.3 Å². The number of nitrogens with zero attached hydrogens (tertiary/aromatic N) is 2. The molecule has 1 aromatic rings. The van der Waals surface area contributed by atoms with Crippen molar-refractivity contribution in [1.82, 2.24) is 9.80 Å². The lowest BCUT2D eigenvalue weighted by Crippen LogP contribution is -2.37. The zero-order chi connectivity index (χ0) is 15.7. The average Bonchev–Trinajstić information content (AvgIpc) is 3.13. The van der Waals surface area contributed by atoms with Gasteiger partial charge in [-0.25, -0.2) is 0 Å². The molecule has 2 heterocycles. The molecule has 22 heavy (non-hydrogen) atoms. The van der Waals surface area contributed by atoms with Gasteiger partial charge in [-0.15, -0.1) is 0 Å². The minimum atomic E-state index is -0.219. The molecule has 0 spiro atoms. The van der Waals surface area contributed by atoms with Gasteiger partial charge in [0.2, 0.25) is 11.8 Å². The molecule has 3 rings (SSSR count). The fourth-order valence-electron chi connectivity index (χ4n) is 3.43. The summed E-state index contributed by atoms with van der Waals surface area (Å²) >= 11 is 0. The lowest BCUT2D eigenvalue weighted by Gasteiger charge is -2.26. The largest absolute Gasteiger partial charge is 0.341 e. The number of amides is 2. The van der Waals surface area contributed by atoms with Crippen LogP contribution in [0.25, 0.3) is 0 Å². The molecular formula is C17H23N3O2. The molecule has 118 valence electrons. The molecule has 5 heteroatoms. The minimum absolute atomic E-state index is 0.00679. The van der Waals surface area contributed by atoms with E-state index in [1.165, 1.54) is 0 Å². The summed E-state index contributed by atoms with van der Waals surface area (Å²) in [4.78, 5) is 28.5. The van der Waals surface area contributed by atoms with Crippen molar-refractivity contribution in [2.24, 2.45) is 11.7 Å². The van der Waals surface area contributed by atoms with Crippen molar-refractivity contribution in [2.45, 2.75) is 31.8 Å². The first-order valence-corrected chi connectivity index (χ1v) is 7.95. The molecule has 2 aliphatic rings. The molecular weight excluding hydrogens is 278 g/mol. The number of likely N-dealkylation sites (tertiary alicyclic amines) is 2. The number of nitrogens with two attached hydrogens (primary N) is 1. The van der Waals surface area contributed by atoms with E-state index in [0.29, 0.717) is 19.5 Å². The van der Waals surface area contributed by atoms with Crippen molar-refractivity contribution in [3.63, 3.8) is 0 Å². The minimum Gasteiger partial charge on any atom is -0.341 e. The smallest absolute Gasteiger partial charge is 0.228 e. The standard InChI is InChI=1S/C17H23N3O2/c1-12(13-5-3-2-4-6-13)20-10-14(9-16(20)21)17(22)19-8-7-15(18)11-19/h2-6,12,14-15H,7-11,18H2,1H3/t12?,14?,15-/m1/s1. The fourth-order valence-corrected chi connectivity index (χ4v) is 3.43. The van der Waals surface area contributed by atoms with Gasteiger partial charge in [0.25, 0.3) is 0 Å². The first-order chi connectivity index (χ1) is 10.6. The summed E-state index contributed by atoms with van der Waals surface area (Å²) < 4.78 is 0. The predicted molar refractivity (Wildman–Crippen MR) is 83.8 cm³/mol. The molecule has 2 saturated heterocycles. The van der Waals surface area contributed by atoms with E-state index in [1.54, 1.807) is 0 Å². The van der Waals surface area contributed by atoms with Crippen LogP contribution in [0.1, 0.15) is 31.4 Å². The summed E-state index contributed by atoms with van der Waals surface area (Å²) in [7, 11) is 0. The van der Waals surface area contributed by atoms with Gasteiger partial charge in [0.15, 0.2) is 0 Å². The molecule has 2 N–H and O–H groups in total. The first-order valence-electron chi connectivity index (χ1n) is 7.95. The molecule has 5 nitrogen and oxygen atoms in total. The Kier molecular flexibility index (Phi) is 4.16. The van der Waals surface area contributed by atoms with Crippen LogP contribution >= 0.6 is 0 Å². The van der Waals surface area contributed by atoms with Gasteiger partial charge in [0, 0.05) is 32.1 Å². The van der Waals surface area contributed by atoms with Crippen molar-refractivity contribution in [1.29, 1.82) is 0 Å². The number of hydrogen-bond donors (Lipinski definition) is 1. The maximum absolute atomic E-state index is 12.5. The maximum atomic E-state index is 12.5. The van der Waals surface area contributed by atoms with Crippen LogP contribution in [0.4, 0.5) is 0 Å². The van der Waals surface area contributed by atoms with Gasteiger partial charge in [-0.2, -0.15) is 0 Å². The molecule has 0 aliphatic carbocycles. The normalized spacial score (nSPS) is 26.5. The Morgan fingerprint density at radius 1 is 1.27 bits per heavy atom. The highest BCUT2D eigenvalue weighted by atomic mass is 16.2. The van der Waals surface area contributed by atoms with Crippen molar-refractivity contribution < 1.29 is 9.59 Å². The molecule has 0 bridgehead atoms. The lowest BCUT2D eigenvalue weighted by molar-refractivity contribution is -0.134. The molecule has 1 aromatic carbocycles. The summed E-state index contributed by atoms with van der Waals surface area (Å²) in [6.45, 7) is 3.88. The fraction of sp³-hybridized carbons (Fsp3) is 0.529. The van der Waals surface area contributed by atoms with E-state index in [0.717, 1.165) is 18.5 Å². The summed E-state index contributed by atoms with van der Waals surface area (Å²) in [5.74, 6) is -0.0637. The van der Waals surface area contributed by atoms with Crippen LogP contribution in [0.3, 0.4) is 0 Å². The summed E-state index contributed by atoms with van der Waals surface area (Å²) in [6, 6.07) is 10.0. The quantitative estimate of drug-likeness (QED) is 0.911. The van der Waals surface area contributed by atoms with Crippen LogP contribution in [0.5, 0.6) is 0 Å². The Morgan fingerprint density at radius 3 is 2.64 bits per heavy atom. The zero-order valence-electron chi connectivity index (χ0n) is 12.9. The third-order valence-corrected chi connectivity index (χ3v) is 4.79. The zero-order valence-corrected chi connectivity index (χ0v) is 12.9. The molecule has 2 aliphatic heterocycles. The van der Waals surface area contributed by atoms with E-state index in [1.807, 2.05) is 47.1 Å². The summed E-state index contributed by atoms with van der Waals surface area (Å²) in [5, 5.41) is 0. The average molecular weight is 301 g/mol. The van der Waals surface area contributed by atoms with Crippen molar-refractivity contribution >= 4 is 11.8 Å². The summed E-state index contributed by atoms with van der Waals surface area (Å²) in [5.41, 5.74) is 6.97. The van der Waals surface area contributed by atoms with E-state index in [9.17, 15) is 9.59 Å². The first kappa shape index (κ1) is 15.0. The predicted octanol–water partition coefficient (Wildman–Crippen LogP) is 1.16. The second-order valence-electron chi connectivity index (χ2n) is 6.37. The monoisotopic (exact) mass is 301 g/mol. The number of hydrogen-bond acceptors (Lipinski definition) is 3. The molecule has 2 unspecified atom stereocenters. The van der Waals surface area contributed by atoms with Crippen molar-refractivity contribution in [2.75, 3.05) is 19.6 Å². The van der Waals surface area contributed by atoms with Crippen LogP contribution in [0.15, 0.2) is 30.3 Å². The van der Waals surface area contributed by atoms with Crippen LogP contribution in [-0.2, 0) is 9.59 Å². The molecule has 0 aromatic heterocycles.